The third-order valence-electron chi connectivity index (χ3n) is 6.66. The molecule has 0 atom stereocenters. The number of aromatic nitrogens is 1. The molecular weight excluding hydrogens is 447 g/mol. The van der Waals surface area contributed by atoms with E-state index in [-0.39, 0.29) is 24.1 Å². The minimum atomic E-state index is -4.53. The molecule has 0 bridgehead atoms. The van der Waals surface area contributed by atoms with Gasteiger partial charge in [0.25, 0.3) is 5.91 Å². The van der Waals surface area contributed by atoms with Crippen LogP contribution in [0.3, 0.4) is 0 Å². The maximum absolute atomic E-state index is 12.8. The molecule has 34 heavy (non-hydrogen) atoms. The summed E-state index contributed by atoms with van der Waals surface area (Å²) in [5.74, 6) is -0.0387. The van der Waals surface area contributed by atoms with Gasteiger partial charge in [-0.05, 0) is 61.4 Å². The summed E-state index contributed by atoms with van der Waals surface area (Å²) in [7, 11) is 0. The SMILES string of the molecule is Nc1ncccc1C1CCC(N2CC(NC(=O)CNC(=O)c3cccc(C(F)(F)F)c3)C2)CC1. The van der Waals surface area contributed by atoms with Crippen molar-refractivity contribution in [1.29, 1.82) is 0 Å². The summed E-state index contributed by atoms with van der Waals surface area (Å²) >= 11 is 0. The molecule has 1 aromatic carbocycles. The van der Waals surface area contributed by atoms with Crippen molar-refractivity contribution in [3.63, 3.8) is 0 Å². The number of pyridine rings is 1. The fourth-order valence-corrected chi connectivity index (χ4v) is 4.81. The van der Waals surface area contributed by atoms with Gasteiger partial charge in [-0.1, -0.05) is 12.1 Å². The lowest BCUT2D eigenvalue weighted by atomic mass is 9.80. The highest BCUT2D eigenvalue weighted by Gasteiger charge is 2.36. The molecular formula is C24H28F3N5O2. The average molecular weight is 476 g/mol. The third kappa shape index (κ3) is 5.67. The Bertz CT molecular complexity index is 1030. The van der Waals surface area contributed by atoms with Crippen LogP contribution < -0.4 is 16.4 Å². The van der Waals surface area contributed by atoms with Crippen molar-refractivity contribution in [2.24, 2.45) is 0 Å². The Labute approximate surface area is 195 Å². The largest absolute Gasteiger partial charge is 0.416 e. The third-order valence-corrected chi connectivity index (χ3v) is 6.66. The highest BCUT2D eigenvalue weighted by Crippen LogP contribution is 2.37. The zero-order chi connectivity index (χ0) is 24.3. The number of rotatable bonds is 6. The van der Waals surface area contributed by atoms with Gasteiger partial charge in [-0.2, -0.15) is 13.2 Å². The summed E-state index contributed by atoms with van der Waals surface area (Å²) in [6.45, 7) is 1.21. The summed E-state index contributed by atoms with van der Waals surface area (Å²) in [4.78, 5) is 30.9. The second-order valence-corrected chi connectivity index (χ2v) is 8.96. The number of benzene rings is 1. The molecule has 0 radical (unpaired) electrons. The van der Waals surface area contributed by atoms with Crippen LogP contribution in [0.1, 0.15) is 53.1 Å². The number of nitrogens with zero attached hydrogens (tertiary/aromatic N) is 2. The second-order valence-electron chi connectivity index (χ2n) is 8.96. The quantitative estimate of drug-likeness (QED) is 0.597. The Balaban J connectivity index is 1.16. The van der Waals surface area contributed by atoms with Crippen LogP contribution in [-0.2, 0) is 11.0 Å². The van der Waals surface area contributed by atoms with Gasteiger partial charge in [0.1, 0.15) is 5.82 Å². The molecule has 1 aromatic heterocycles. The number of carbonyl (C=O) groups excluding carboxylic acids is 2. The monoisotopic (exact) mass is 475 g/mol. The van der Waals surface area contributed by atoms with Crippen molar-refractivity contribution in [1.82, 2.24) is 20.5 Å². The number of nitrogens with one attached hydrogen (secondary N) is 2. The number of halogens is 3. The van der Waals surface area contributed by atoms with Gasteiger partial charge in [0.05, 0.1) is 18.2 Å². The van der Waals surface area contributed by atoms with Crippen LogP contribution in [0.5, 0.6) is 0 Å². The van der Waals surface area contributed by atoms with E-state index < -0.39 is 17.6 Å². The molecule has 10 heteroatoms. The van der Waals surface area contributed by atoms with E-state index in [4.69, 9.17) is 5.73 Å². The Kier molecular flexibility index (Phi) is 7.06. The van der Waals surface area contributed by atoms with Gasteiger partial charge in [-0.25, -0.2) is 4.98 Å². The van der Waals surface area contributed by atoms with Gasteiger partial charge in [-0.3, -0.25) is 14.5 Å². The number of amides is 2. The van der Waals surface area contributed by atoms with Crippen molar-refractivity contribution in [2.45, 2.75) is 49.9 Å². The van der Waals surface area contributed by atoms with E-state index in [1.807, 2.05) is 12.1 Å². The average Bonchev–Trinajstić information content (AvgIpc) is 2.79. The predicted octanol–water partition coefficient (Wildman–Crippen LogP) is 2.94. The molecule has 0 spiro atoms. The van der Waals surface area contributed by atoms with Crippen LogP contribution >= 0.6 is 0 Å². The van der Waals surface area contributed by atoms with Gasteiger partial charge >= 0.3 is 6.18 Å². The van der Waals surface area contributed by atoms with E-state index in [1.54, 1.807) is 6.20 Å². The molecule has 1 saturated heterocycles. The maximum Gasteiger partial charge on any atom is 0.416 e. The maximum atomic E-state index is 12.8. The first-order chi connectivity index (χ1) is 16.2. The second kappa shape index (κ2) is 10.0. The summed E-state index contributed by atoms with van der Waals surface area (Å²) in [6, 6.07) is 8.56. The summed E-state index contributed by atoms with van der Waals surface area (Å²) in [6.07, 6.45) is 1.40. The molecule has 182 valence electrons. The van der Waals surface area contributed by atoms with E-state index in [0.29, 0.717) is 17.8 Å². The lowest BCUT2D eigenvalue weighted by Gasteiger charge is -2.46. The topological polar surface area (TPSA) is 100 Å². The van der Waals surface area contributed by atoms with Gasteiger partial charge in [-0.15, -0.1) is 0 Å². The number of likely N-dealkylation sites (tertiary alicyclic amines) is 1. The number of anilines is 1. The fourth-order valence-electron chi connectivity index (χ4n) is 4.81. The van der Waals surface area contributed by atoms with E-state index in [2.05, 4.69) is 20.5 Å². The van der Waals surface area contributed by atoms with E-state index >= 15 is 0 Å². The molecule has 0 unspecified atom stereocenters. The lowest BCUT2D eigenvalue weighted by molar-refractivity contribution is -0.137. The number of alkyl halides is 3. The molecule has 2 amide bonds. The van der Waals surface area contributed by atoms with Crippen molar-refractivity contribution >= 4 is 17.6 Å². The van der Waals surface area contributed by atoms with Crippen LogP contribution in [0, 0.1) is 0 Å². The number of nitrogen functional groups attached to an aromatic ring is 1. The first kappa shape index (κ1) is 24.0. The van der Waals surface area contributed by atoms with E-state index in [1.165, 1.54) is 12.1 Å². The van der Waals surface area contributed by atoms with Gasteiger partial charge < -0.3 is 16.4 Å². The van der Waals surface area contributed by atoms with Crippen molar-refractivity contribution in [3.8, 4) is 0 Å². The summed E-state index contributed by atoms with van der Waals surface area (Å²) in [5, 5.41) is 5.25. The fraction of sp³-hybridized carbons (Fsp3) is 0.458. The molecule has 4 N–H and O–H groups in total. The normalized spacial score (nSPS) is 21.5. The van der Waals surface area contributed by atoms with Crippen molar-refractivity contribution in [2.75, 3.05) is 25.4 Å². The minimum Gasteiger partial charge on any atom is -0.383 e. The Morgan fingerprint density at radius 3 is 2.50 bits per heavy atom. The van der Waals surface area contributed by atoms with Crippen molar-refractivity contribution in [3.05, 3.63) is 59.3 Å². The highest BCUT2D eigenvalue weighted by molar-refractivity contribution is 5.96. The van der Waals surface area contributed by atoms with Gasteiger partial charge in [0, 0.05) is 30.9 Å². The lowest BCUT2D eigenvalue weighted by Crippen LogP contribution is -2.63. The van der Waals surface area contributed by atoms with Crippen LogP contribution in [0.25, 0.3) is 0 Å². The number of hydrogen-bond donors (Lipinski definition) is 3. The van der Waals surface area contributed by atoms with E-state index in [0.717, 1.165) is 56.5 Å². The molecule has 2 aromatic rings. The number of carbonyl (C=O) groups is 2. The molecule has 2 heterocycles. The Hall–Kier alpha value is -3.14. The van der Waals surface area contributed by atoms with Crippen LogP contribution in [0.15, 0.2) is 42.6 Å². The van der Waals surface area contributed by atoms with Crippen LogP contribution in [0.4, 0.5) is 19.0 Å². The smallest absolute Gasteiger partial charge is 0.383 e. The Morgan fingerprint density at radius 2 is 1.82 bits per heavy atom. The van der Waals surface area contributed by atoms with E-state index in [9.17, 15) is 22.8 Å². The first-order valence-corrected chi connectivity index (χ1v) is 11.4. The standard InChI is InChI=1S/C24H28F3N5O2/c25-24(26,27)17-4-1-3-16(11-17)23(34)30-12-21(33)31-18-13-32(14-18)19-8-6-15(7-9-19)20-5-2-10-29-22(20)28/h1-5,10-11,15,18-19H,6-9,12-14H2,(H2,28,29)(H,30,34)(H,31,33). The molecule has 2 fully saturated rings. The van der Waals surface area contributed by atoms with Gasteiger partial charge in [0.15, 0.2) is 0 Å². The molecule has 1 aliphatic carbocycles. The predicted molar refractivity (Wildman–Crippen MR) is 121 cm³/mol. The first-order valence-electron chi connectivity index (χ1n) is 11.4. The van der Waals surface area contributed by atoms with Crippen LogP contribution in [-0.4, -0.2) is 53.4 Å². The molecule has 7 nitrogen and oxygen atoms in total. The Morgan fingerprint density at radius 1 is 1.09 bits per heavy atom. The zero-order valence-corrected chi connectivity index (χ0v) is 18.6. The molecule has 1 saturated carbocycles. The van der Waals surface area contributed by atoms with Gasteiger partial charge in [0.2, 0.25) is 5.91 Å². The molecule has 4 rings (SSSR count). The highest BCUT2D eigenvalue weighted by atomic mass is 19.4. The minimum absolute atomic E-state index is 0.00431. The van der Waals surface area contributed by atoms with Crippen molar-refractivity contribution < 1.29 is 22.8 Å². The zero-order valence-electron chi connectivity index (χ0n) is 18.6. The molecule has 1 aliphatic heterocycles. The number of hydrogen-bond acceptors (Lipinski definition) is 5. The number of nitrogens with two attached hydrogens (primary N) is 1. The molecule has 2 aliphatic rings. The summed E-state index contributed by atoms with van der Waals surface area (Å²) < 4.78 is 38.4. The van der Waals surface area contributed by atoms with Crippen LogP contribution in [0.2, 0.25) is 0 Å². The summed E-state index contributed by atoms with van der Waals surface area (Å²) in [5.41, 5.74) is 6.10.